The molecule has 0 aliphatic heterocycles. The molecule has 0 aromatic heterocycles. The molecule has 0 radical (unpaired) electrons. The van der Waals surface area contributed by atoms with Gasteiger partial charge in [-0.3, -0.25) is 4.79 Å². The molecule has 0 unspecified atom stereocenters. The molecule has 0 spiro atoms. The number of amides is 1. The molecule has 0 atom stereocenters. The number of hydrogen-bond acceptors (Lipinski definition) is 3. The molecule has 0 bridgehead atoms. The summed E-state index contributed by atoms with van der Waals surface area (Å²) >= 11 is 0. The molecule has 150 valence electrons. The average Bonchev–Trinajstić information content (AvgIpc) is 2.67. The number of anilines is 1. The number of nitrogens with one attached hydrogen (secondary N) is 1. The predicted molar refractivity (Wildman–Crippen MR) is 114 cm³/mol. The zero-order chi connectivity index (χ0) is 20.6. The fraction of sp³-hybridized carbons (Fsp3) is 0.417. The lowest BCUT2D eigenvalue weighted by atomic mass is 9.87. The third kappa shape index (κ3) is 6.52. The van der Waals surface area contributed by atoms with Crippen LogP contribution in [-0.2, 0) is 10.2 Å². The van der Waals surface area contributed by atoms with Crippen LogP contribution in [0.15, 0.2) is 48.5 Å². The highest BCUT2D eigenvalue weighted by atomic mass is 16.5. The van der Waals surface area contributed by atoms with Crippen molar-refractivity contribution in [3.63, 3.8) is 0 Å². The topological polar surface area (TPSA) is 55.4 Å². The number of esters is 1. The molecule has 0 saturated heterocycles. The van der Waals surface area contributed by atoms with Gasteiger partial charge in [-0.1, -0.05) is 59.1 Å². The summed E-state index contributed by atoms with van der Waals surface area (Å²) in [6, 6.07) is 14.4. The van der Waals surface area contributed by atoms with Gasteiger partial charge in [-0.2, -0.15) is 0 Å². The number of unbranched alkanes of at least 4 members (excludes halogenated alkanes) is 3. The lowest BCUT2D eigenvalue weighted by Gasteiger charge is -2.19. The highest BCUT2D eigenvalue weighted by Gasteiger charge is 2.14. The van der Waals surface area contributed by atoms with Crippen molar-refractivity contribution < 1.29 is 14.3 Å². The molecule has 0 aliphatic carbocycles. The molecule has 2 rings (SSSR count). The van der Waals surface area contributed by atoms with Gasteiger partial charge < -0.3 is 10.1 Å². The first-order valence-electron chi connectivity index (χ1n) is 10.0. The summed E-state index contributed by atoms with van der Waals surface area (Å²) in [6.45, 7) is 9.01. The molecule has 0 fully saturated rings. The summed E-state index contributed by atoms with van der Waals surface area (Å²) in [4.78, 5) is 24.5. The quantitative estimate of drug-likeness (QED) is 0.452. The van der Waals surface area contributed by atoms with Crippen LogP contribution >= 0.6 is 0 Å². The van der Waals surface area contributed by atoms with Crippen LogP contribution in [0.25, 0.3) is 0 Å². The van der Waals surface area contributed by atoms with Crippen molar-refractivity contribution in [1.82, 2.24) is 0 Å². The lowest BCUT2D eigenvalue weighted by molar-refractivity contribution is 0.0497. The monoisotopic (exact) mass is 381 g/mol. The smallest absolute Gasteiger partial charge is 0.338 e. The minimum absolute atomic E-state index is 0.0510. The van der Waals surface area contributed by atoms with Gasteiger partial charge in [0, 0.05) is 11.3 Å². The van der Waals surface area contributed by atoms with E-state index >= 15 is 0 Å². The van der Waals surface area contributed by atoms with Crippen LogP contribution in [0.3, 0.4) is 0 Å². The number of carbonyl (C=O) groups excluding carboxylic acids is 2. The van der Waals surface area contributed by atoms with Crippen molar-refractivity contribution in [2.24, 2.45) is 0 Å². The maximum Gasteiger partial charge on any atom is 0.338 e. The van der Waals surface area contributed by atoms with E-state index in [9.17, 15) is 9.59 Å². The molecular weight excluding hydrogens is 350 g/mol. The summed E-state index contributed by atoms with van der Waals surface area (Å²) in [5.74, 6) is -0.501. The number of hydrogen-bond donors (Lipinski definition) is 1. The van der Waals surface area contributed by atoms with Crippen molar-refractivity contribution in [2.45, 2.75) is 58.8 Å². The highest BCUT2D eigenvalue weighted by molar-refractivity contribution is 6.04. The molecule has 4 heteroatoms. The van der Waals surface area contributed by atoms with Crippen LogP contribution in [0.4, 0.5) is 5.69 Å². The first-order chi connectivity index (χ1) is 13.3. The van der Waals surface area contributed by atoms with Crippen LogP contribution < -0.4 is 5.32 Å². The number of carbonyl (C=O) groups is 2. The summed E-state index contributed by atoms with van der Waals surface area (Å²) in [7, 11) is 0. The highest BCUT2D eigenvalue weighted by Crippen LogP contribution is 2.22. The van der Waals surface area contributed by atoms with E-state index in [4.69, 9.17) is 4.74 Å². The van der Waals surface area contributed by atoms with Crippen LogP contribution in [0.5, 0.6) is 0 Å². The van der Waals surface area contributed by atoms with Crippen LogP contribution in [-0.4, -0.2) is 18.5 Å². The minimum atomic E-state index is -0.327. The zero-order valence-corrected chi connectivity index (χ0v) is 17.4. The van der Waals surface area contributed by atoms with Gasteiger partial charge in [0.1, 0.15) is 0 Å². The Hall–Kier alpha value is -2.62. The Kier molecular flexibility index (Phi) is 7.80. The minimum Gasteiger partial charge on any atom is -0.462 e. The Morgan fingerprint density at radius 1 is 0.857 bits per heavy atom. The molecule has 28 heavy (non-hydrogen) atoms. The summed E-state index contributed by atoms with van der Waals surface area (Å²) in [5.41, 5.74) is 2.97. The lowest BCUT2D eigenvalue weighted by Crippen LogP contribution is -2.14. The third-order valence-corrected chi connectivity index (χ3v) is 4.62. The summed E-state index contributed by atoms with van der Waals surface area (Å²) in [5, 5.41) is 2.86. The molecule has 2 aromatic rings. The second-order valence-corrected chi connectivity index (χ2v) is 8.06. The Morgan fingerprint density at radius 2 is 1.46 bits per heavy atom. The van der Waals surface area contributed by atoms with Gasteiger partial charge in [-0.15, -0.1) is 0 Å². The second-order valence-electron chi connectivity index (χ2n) is 8.06. The third-order valence-electron chi connectivity index (χ3n) is 4.62. The SMILES string of the molecule is CCCCCCOC(=O)c1ccc(NC(=O)c2ccc(C(C)(C)C)cc2)cc1. The van der Waals surface area contributed by atoms with Gasteiger partial charge in [0.2, 0.25) is 0 Å². The van der Waals surface area contributed by atoms with Gasteiger partial charge in [0.05, 0.1) is 12.2 Å². The molecule has 2 aromatic carbocycles. The average molecular weight is 382 g/mol. The van der Waals surface area contributed by atoms with Gasteiger partial charge >= 0.3 is 5.97 Å². The molecule has 1 N–H and O–H groups in total. The van der Waals surface area contributed by atoms with Gasteiger partial charge in [-0.25, -0.2) is 4.79 Å². The normalized spacial score (nSPS) is 11.1. The standard InChI is InChI=1S/C24H31NO3/c1-5-6-7-8-17-28-23(27)19-11-15-21(16-12-19)25-22(26)18-9-13-20(14-10-18)24(2,3)4/h9-16H,5-8,17H2,1-4H3,(H,25,26). The zero-order valence-electron chi connectivity index (χ0n) is 17.4. The van der Waals surface area contributed by atoms with Crippen LogP contribution in [0.2, 0.25) is 0 Å². The second kappa shape index (κ2) is 10.1. The molecule has 0 aliphatic rings. The van der Waals surface area contributed by atoms with E-state index in [2.05, 4.69) is 33.0 Å². The Balaban J connectivity index is 1.89. The van der Waals surface area contributed by atoms with Gasteiger partial charge in [0.25, 0.3) is 5.91 Å². The van der Waals surface area contributed by atoms with Crippen LogP contribution in [0.1, 0.15) is 79.7 Å². The fourth-order valence-corrected chi connectivity index (χ4v) is 2.79. The van der Waals surface area contributed by atoms with Crippen molar-refractivity contribution in [3.05, 3.63) is 65.2 Å². The maximum absolute atomic E-state index is 12.4. The van der Waals surface area contributed by atoms with Crippen molar-refractivity contribution in [1.29, 1.82) is 0 Å². The van der Waals surface area contributed by atoms with Crippen molar-refractivity contribution in [2.75, 3.05) is 11.9 Å². The van der Waals surface area contributed by atoms with E-state index in [-0.39, 0.29) is 17.3 Å². The fourth-order valence-electron chi connectivity index (χ4n) is 2.79. The molecule has 4 nitrogen and oxygen atoms in total. The number of ether oxygens (including phenoxy) is 1. The maximum atomic E-state index is 12.4. The van der Waals surface area contributed by atoms with Gasteiger partial charge in [-0.05, 0) is 53.8 Å². The van der Waals surface area contributed by atoms with Crippen molar-refractivity contribution >= 4 is 17.6 Å². The Morgan fingerprint density at radius 3 is 2.04 bits per heavy atom. The molecule has 1 amide bonds. The predicted octanol–water partition coefficient (Wildman–Crippen LogP) is 5.97. The molecular formula is C24H31NO3. The van der Waals surface area contributed by atoms with E-state index in [1.54, 1.807) is 24.3 Å². The molecule has 0 saturated carbocycles. The first kappa shape index (κ1) is 21.7. The largest absolute Gasteiger partial charge is 0.462 e. The molecule has 0 heterocycles. The Labute approximate surface area is 168 Å². The van der Waals surface area contributed by atoms with Crippen molar-refractivity contribution in [3.8, 4) is 0 Å². The number of benzene rings is 2. The van der Waals surface area contributed by atoms with E-state index < -0.39 is 0 Å². The van der Waals surface area contributed by atoms with Gasteiger partial charge in [0.15, 0.2) is 0 Å². The summed E-state index contributed by atoms with van der Waals surface area (Å²) < 4.78 is 5.28. The summed E-state index contributed by atoms with van der Waals surface area (Å²) in [6.07, 6.45) is 4.28. The van der Waals surface area contributed by atoms with E-state index in [0.29, 0.717) is 23.4 Å². The van der Waals surface area contributed by atoms with E-state index in [1.807, 2.05) is 24.3 Å². The van der Waals surface area contributed by atoms with E-state index in [1.165, 1.54) is 5.56 Å². The Bertz CT molecular complexity index is 771. The first-order valence-corrected chi connectivity index (χ1v) is 10.0. The van der Waals surface area contributed by atoms with E-state index in [0.717, 1.165) is 25.7 Å². The van der Waals surface area contributed by atoms with Crippen LogP contribution in [0, 0.1) is 0 Å². The number of rotatable bonds is 8.